The van der Waals surface area contributed by atoms with Crippen LogP contribution < -0.4 is 19.5 Å². The molecule has 0 spiro atoms. The van der Waals surface area contributed by atoms with Crippen molar-refractivity contribution in [1.29, 1.82) is 0 Å². The van der Waals surface area contributed by atoms with Crippen LogP contribution >= 0.6 is 0 Å². The van der Waals surface area contributed by atoms with Crippen LogP contribution in [0, 0.1) is 6.92 Å². The van der Waals surface area contributed by atoms with E-state index < -0.39 is 0 Å². The highest BCUT2D eigenvalue weighted by molar-refractivity contribution is 6.10. The average Bonchev–Trinajstić information content (AvgIpc) is 3.09. The van der Waals surface area contributed by atoms with E-state index in [0.717, 1.165) is 50.4 Å². The number of phenols is 1. The van der Waals surface area contributed by atoms with Crippen LogP contribution in [-0.2, 0) is 4.79 Å². The molecule has 0 atom stereocenters. The van der Waals surface area contributed by atoms with E-state index in [1.54, 1.807) is 19.2 Å². The van der Waals surface area contributed by atoms with Gasteiger partial charge in [-0.3, -0.25) is 4.79 Å². The van der Waals surface area contributed by atoms with Crippen LogP contribution in [-0.4, -0.2) is 32.3 Å². The number of aryl methyl sites for hydroxylation is 1. The monoisotopic (exact) mass is 471 g/mol. The number of phenolic OH excluding ortho intramolecular Hbond substituents is 1. The van der Waals surface area contributed by atoms with Crippen molar-refractivity contribution in [2.45, 2.75) is 20.3 Å². The maximum Gasteiger partial charge on any atom is 0.228 e. The average molecular weight is 472 g/mol. The topological polar surface area (TPSA) is 77.0 Å². The minimum atomic E-state index is -0.0899. The van der Waals surface area contributed by atoms with Gasteiger partial charge in [-0.15, -0.1) is 0 Å². The number of hydrogen-bond acceptors (Lipinski definition) is 5. The molecule has 3 aromatic rings. The summed E-state index contributed by atoms with van der Waals surface area (Å²) in [5.74, 6) is 1.23. The standard InChI is InChI=1S/C29H29NO5/c1-17-7-6-8-20(11-17)30-28(31)16-24-18(2)23(22-10-9-21(33-3)15-25(22)24)12-19-13-26(34-4)29(32)27(14-19)35-5/h6-15,32H,16H2,1-5H3,(H,30,31)/b23-12-. The number of ether oxygens (including phenoxy) is 3. The Morgan fingerprint density at radius 2 is 1.63 bits per heavy atom. The van der Waals surface area contributed by atoms with Gasteiger partial charge in [-0.05, 0) is 95.3 Å². The number of amides is 1. The zero-order valence-electron chi connectivity index (χ0n) is 20.6. The lowest BCUT2D eigenvalue weighted by Gasteiger charge is -2.11. The van der Waals surface area contributed by atoms with Crippen LogP contribution in [0.4, 0.5) is 5.69 Å². The van der Waals surface area contributed by atoms with Gasteiger partial charge in [-0.2, -0.15) is 0 Å². The molecule has 0 aromatic heterocycles. The van der Waals surface area contributed by atoms with Crippen molar-refractivity contribution in [3.05, 3.63) is 82.4 Å². The summed E-state index contributed by atoms with van der Waals surface area (Å²) in [6.45, 7) is 4.01. The van der Waals surface area contributed by atoms with Gasteiger partial charge in [0, 0.05) is 5.69 Å². The van der Waals surface area contributed by atoms with Gasteiger partial charge in [0.15, 0.2) is 11.5 Å². The molecule has 0 unspecified atom stereocenters. The van der Waals surface area contributed by atoms with Gasteiger partial charge in [-0.1, -0.05) is 18.2 Å². The first-order chi connectivity index (χ1) is 16.8. The fourth-order valence-electron chi connectivity index (χ4n) is 4.37. The number of fused-ring (bicyclic) bond motifs is 1. The Balaban J connectivity index is 1.75. The van der Waals surface area contributed by atoms with E-state index in [9.17, 15) is 9.90 Å². The molecule has 6 heteroatoms. The summed E-state index contributed by atoms with van der Waals surface area (Å²) in [4.78, 5) is 13.0. The molecule has 1 aliphatic rings. The van der Waals surface area contributed by atoms with Crippen LogP contribution in [0.1, 0.15) is 35.6 Å². The van der Waals surface area contributed by atoms with Crippen molar-refractivity contribution in [1.82, 2.24) is 0 Å². The summed E-state index contributed by atoms with van der Waals surface area (Å²) in [6, 6.07) is 17.1. The number of anilines is 1. The third-order valence-corrected chi connectivity index (χ3v) is 6.15. The van der Waals surface area contributed by atoms with E-state index in [4.69, 9.17) is 14.2 Å². The van der Waals surface area contributed by atoms with Gasteiger partial charge >= 0.3 is 0 Å². The molecule has 0 fully saturated rings. The highest BCUT2D eigenvalue weighted by atomic mass is 16.5. The Bertz CT molecular complexity index is 1330. The minimum Gasteiger partial charge on any atom is -0.502 e. The van der Waals surface area contributed by atoms with Crippen molar-refractivity contribution in [3.63, 3.8) is 0 Å². The summed E-state index contributed by atoms with van der Waals surface area (Å²) < 4.78 is 16.1. The molecule has 2 N–H and O–H groups in total. The second-order valence-electron chi connectivity index (χ2n) is 8.44. The number of nitrogens with one attached hydrogen (secondary N) is 1. The first-order valence-electron chi connectivity index (χ1n) is 11.3. The number of methoxy groups -OCH3 is 3. The van der Waals surface area contributed by atoms with Gasteiger partial charge in [-0.25, -0.2) is 0 Å². The Morgan fingerprint density at radius 1 is 0.914 bits per heavy atom. The number of aromatic hydroxyl groups is 1. The van der Waals surface area contributed by atoms with E-state index in [1.165, 1.54) is 14.2 Å². The van der Waals surface area contributed by atoms with Gasteiger partial charge in [0.1, 0.15) is 5.75 Å². The fraction of sp³-hybridized carbons (Fsp3) is 0.207. The molecular weight excluding hydrogens is 442 g/mol. The molecule has 4 rings (SSSR count). The SMILES string of the molecule is COc1ccc2c(c1)C(CC(=O)Nc1cccc(C)c1)=C(C)/C2=C/c1cc(OC)c(O)c(OC)c1. The zero-order valence-corrected chi connectivity index (χ0v) is 20.6. The van der Waals surface area contributed by atoms with Gasteiger partial charge in [0.2, 0.25) is 11.7 Å². The van der Waals surface area contributed by atoms with E-state index in [2.05, 4.69) is 5.32 Å². The summed E-state index contributed by atoms with van der Waals surface area (Å²) in [5.41, 5.74) is 7.55. The van der Waals surface area contributed by atoms with E-state index in [1.807, 2.05) is 62.4 Å². The minimum absolute atomic E-state index is 0.0468. The molecule has 1 amide bonds. The summed E-state index contributed by atoms with van der Waals surface area (Å²) in [5, 5.41) is 13.3. The molecule has 35 heavy (non-hydrogen) atoms. The largest absolute Gasteiger partial charge is 0.502 e. The lowest BCUT2D eigenvalue weighted by atomic mass is 10.00. The Kier molecular flexibility index (Phi) is 6.82. The van der Waals surface area contributed by atoms with Gasteiger partial charge in [0.05, 0.1) is 27.8 Å². The summed E-state index contributed by atoms with van der Waals surface area (Å²) >= 11 is 0. The van der Waals surface area contributed by atoms with Crippen LogP contribution in [0.3, 0.4) is 0 Å². The van der Waals surface area contributed by atoms with Crippen LogP contribution in [0.25, 0.3) is 17.2 Å². The third-order valence-electron chi connectivity index (χ3n) is 6.15. The molecule has 0 heterocycles. The molecule has 3 aromatic carbocycles. The van der Waals surface area contributed by atoms with Crippen molar-refractivity contribution in [2.75, 3.05) is 26.6 Å². The maximum absolute atomic E-state index is 13.0. The molecular formula is C29H29NO5. The maximum atomic E-state index is 13.0. The predicted molar refractivity (Wildman–Crippen MR) is 139 cm³/mol. The Morgan fingerprint density at radius 3 is 2.26 bits per heavy atom. The van der Waals surface area contributed by atoms with Crippen molar-refractivity contribution in [3.8, 4) is 23.0 Å². The number of benzene rings is 3. The van der Waals surface area contributed by atoms with Crippen LogP contribution in [0.2, 0.25) is 0 Å². The number of carbonyl (C=O) groups excluding carboxylic acids is 1. The number of allylic oxidation sites excluding steroid dienone is 2. The first-order valence-corrected chi connectivity index (χ1v) is 11.3. The van der Waals surface area contributed by atoms with E-state index in [0.29, 0.717) is 11.5 Å². The number of carbonyl (C=O) groups is 1. The quantitative estimate of drug-likeness (QED) is 0.437. The van der Waals surface area contributed by atoms with Crippen molar-refractivity contribution >= 4 is 28.8 Å². The molecule has 1 aliphatic carbocycles. The van der Waals surface area contributed by atoms with Crippen LogP contribution in [0.15, 0.2) is 60.2 Å². The molecule has 0 bridgehead atoms. The van der Waals surface area contributed by atoms with E-state index >= 15 is 0 Å². The van der Waals surface area contributed by atoms with Crippen molar-refractivity contribution < 1.29 is 24.1 Å². The lowest BCUT2D eigenvalue weighted by Crippen LogP contribution is -2.12. The highest BCUT2D eigenvalue weighted by Crippen LogP contribution is 2.46. The molecule has 0 saturated heterocycles. The Hall–Kier alpha value is -4.19. The smallest absolute Gasteiger partial charge is 0.228 e. The molecule has 6 nitrogen and oxygen atoms in total. The fourth-order valence-corrected chi connectivity index (χ4v) is 4.37. The van der Waals surface area contributed by atoms with Gasteiger partial charge < -0.3 is 24.6 Å². The normalized spacial score (nSPS) is 13.6. The summed E-state index contributed by atoms with van der Waals surface area (Å²) in [6.07, 6.45) is 2.23. The molecule has 0 radical (unpaired) electrons. The Labute approximate surface area is 205 Å². The van der Waals surface area contributed by atoms with E-state index in [-0.39, 0.29) is 18.1 Å². The highest BCUT2D eigenvalue weighted by Gasteiger charge is 2.26. The zero-order chi connectivity index (χ0) is 25.1. The molecule has 0 saturated carbocycles. The van der Waals surface area contributed by atoms with Crippen LogP contribution in [0.5, 0.6) is 23.0 Å². The second kappa shape index (κ2) is 9.97. The molecule has 180 valence electrons. The van der Waals surface area contributed by atoms with Crippen molar-refractivity contribution in [2.24, 2.45) is 0 Å². The van der Waals surface area contributed by atoms with Gasteiger partial charge in [0.25, 0.3) is 0 Å². The number of hydrogen-bond donors (Lipinski definition) is 2. The lowest BCUT2D eigenvalue weighted by molar-refractivity contribution is -0.115. The first kappa shape index (κ1) is 24.0. The summed E-state index contributed by atoms with van der Waals surface area (Å²) in [7, 11) is 4.63. The number of rotatable bonds is 7. The second-order valence-corrected chi connectivity index (χ2v) is 8.44. The third kappa shape index (κ3) is 4.87. The predicted octanol–water partition coefficient (Wildman–Crippen LogP) is 6.08. The molecule has 0 aliphatic heterocycles.